The molecule has 1 heterocycles. The van der Waals surface area contributed by atoms with Gasteiger partial charge in [-0.3, -0.25) is 0 Å². The second-order valence-electron chi connectivity index (χ2n) is 4.80. The zero-order valence-electron chi connectivity index (χ0n) is 10.6. The van der Waals surface area contributed by atoms with E-state index in [1.807, 2.05) is 0 Å². The fraction of sp³-hybridized carbons (Fsp3) is 1.00. The number of ether oxygens (including phenoxy) is 1. The molecule has 0 aromatic carbocycles. The van der Waals surface area contributed by atoms with E-state index in [-0.39, 0.29) is 0 Å². The minimum Gasteiger partial charge on any atom is -0.377 e. The van der Waals surface area contributed by atoms with E-state index < -0.39 is 0 Å². The van der Waals surface area contributed by atoms with Crippen molar-refractivity contribution in [1.29, 1.82) is 0 Å². The molecule has 1 N–H and O–H groups in total. The lowest BCUT2D eigenvalue weighted by Gasteiger charge is -2.20. The maximum absolute atomic E-state index is 5.55. The highest BCUT2D eigenvalue weighted by Gasteiger charge is 2.23. The molecule has 0 spiro atoms. The lowest BCUT2D eigenvalue weighted by atomic mass is 9.98. The van der Waals surface area contributed by atoms with Crippen LogP contribution in [0.5, 0.6) is 0 Å². The summed E-state index contributed by atoms with van der Waals surface area (Å²) < 4.78 is 5.55. The first kappa shape index (κ1) is 13.0. The topological polar surface area (TPSA) is 21.3 Å². The van der Waals surface area contributed by atoms with Gasteiger partial charge in [-0.1, -0.05) is 33.1 Å². The molecule has 3 atom stereocenters. The van der Waals surface area contributed by atoms with Crippen LogP contribution in [0.25, 0.3) is 0 Å². The minimum absolute atomic E-state index is 0.411. The van der Waals surface area contributed by atoms with E-state index in [9.17, 15) is 0 Å². The van der Waals surface area contributed by atoms with Gasteiger partial charge in [0.05, 0.1) is 6.10 Å². The Morgan fingerprint density at radius 2 is 2.20 bits per heavy atom. The summed E-state index contributed by atoms with van der Waals surface area (Å²) in [6.07, 6.45) is 6.97. The molecule has 0 saturated carbocycles. The molecular weight excluding hydrogens is 186 g/mol. The van der Waals surface area contributed by atoms with Gasteiger partial charge in [0, 0.05) is 12.6 Å². The second kappa shape index (κ2) is 7.24. The van der Waals surface area contributed by atoms with Crippen LogP contribution in [0.2, 0.25) is 0 Å². The molecule has 0 radical (unpaired) electrons. The summed E-state index contributed by atoms with van der Waals surface area (Å²) in [6, 6.07) is 0.598. The number of nitrogens with one attached hydrogen (secondary N) is 1. The van der Waals surface area contributed by atoms with Crippen LogP contribution < -0.4 is 5.32 Å². The fourth-order valence-electron chi connectivity index (χ4n) is 2.26. The lowest BCUT2D eigenvalue weighted by Crippen LogP contribution is -2.37. The van der Waals surface area contributed by atoms with Crippen LogP contribution in [0.4, 0.5) is 0 Å². The standard InChI is InChI=1S/C13H27NO/c1-4-6-7-12(5-2)10-14-13-8-9-15-11(13)3/h11-14H,4-10H2,1-3H3/t11-,12-,13-/m1/s1. The van der Waals surface area contributed by atoms with Crippen molar-refractivity contribution in [2.24, 2.45) is 5.92 Å². The maximum atomic E-state index is 5.55. The first-order valence-electron chi connectivity index (χ1n) is 6.62. The van der Waals surface area contributed by atoms with Crippen LogP contribution in [-0.4, -0.2) is 25.3 Å². The van der Waals surface area contributed by atoms with Crippen LogP contribution in [0, 0.1) is 5.92 Å². The molecule has 0 aliphatic carbocycles. The zero-order valence-corrected chi connectivity index (χ0v) is 10.6. The van der Waals surface area contributed by atoms with Crippen molar-refractivity contribution in [3.05, 3.63) is 0 Å². The first-order chi connectivity index (χ1) is 7.27. The summed E-state index contributed by atoms with van der Waals surface area (Å²) in [5.74, 6) is 0.859. The molecule has 0 amide bonds. The normalized spacial score (nSPS) is 28.2. The van der Waals surface area contributed by atoms with Crippen LogP contribution in [0.15, 0.2) is 0 Å². The Morgan fingerprint density at radius 3 is 2.73 bits per heavy atom. The molecule has 1 rings (SSSR count). The molecule has 0 aromatic heterocycles. The quantitative estimate of drug-likeness (QED) is 0.702. The highest BCUT2D eigenvalue weighted by Crippen LogP contribution is 2.15. The van der Waals surface area contributed by atoms with Crippen molar-refractivity contribution in [3.8, 4) is 0 Å². The minimum atomic E-state index is 0.411. The number of hydrogen-bond donors (Lipinski definition) is 1. The molecule has 2 nitrogen and oxygen atoms in total. The van der Waals surface area contributed by atoms with Crippen LogP contribution in [0.3, 0.4) is 0 Å². The van der Waals surface area contributed by atoms with E-state index >= 15 is 0 Å². The van der Waals surface area contributed by atoms with Gasteiger partial charge in [0.15, 0.2) is 0 Å². The van der Waals surface area contributed by atoms with Gasteiger partial charge in [-0.25, -0.2) is 0 Å². The monoisotopic (exact) mass is 213 g/mol. The largest absolute Gasteiger partial charge is 0.377 e. The Kier molecular flexibility index (Phi) is 6.26. The average Bonchev–Trinajstić information content (AvgIpc) is 2.65. The fourth-order valence-corrected chi connectivity index (χ4v) is 2.26. The van der Waals surface area contributed by atoms with Gasteiger partial charge < -0.3 is 10.1 Å². The van der Waals surface area contributed by atoms with Crippen molar-refractivity contribution in [1.82, 2.24) is 5.32 Å². The van der Waals surface area contributed by atoms with Crippen LogP contribution in [0.1, 0.15) is 52.9 Å². The Balaban J connectivity index is 2.15. The lowest BCUT2D eigenvalue weighted by molar-refractivity contribution is 0.112. The number of hydrogen-bond acceptors (Lipinski definition) is 2. The smallest absolute Gasteiger partial charge is 0.0700 e. The summed E-state index contributed by atoms with van der Waals surface area (Å²) in [6.45, 7) is 8.86. The Bertz CT molecular complexity index is 161. The molecule has 1 saturated heterocycles. The van der Waals surface area contributed by atoms with Crippen molar-refractivity contribution in [2.75, 3.05) is 13.2 Å². The predicted molar refractivity (Wildman–Crippen MR) is 65.1 cm³/mol. The third-order valence-electron chi connectivity index (χ3n) is 3.59. The average molecular weight is 213 g/mol. The number of rotatable bonds is 7. The highest BCUT2D eigenvalue weighted by molar-refractivity contribution is 4.79. The Hall–Kier alpha value is -0.0800. The summed E-state index contributed by atoms with van der Waals surface area (Å²) in [4.78, 5) is 0. The third-order valence-corrected chi connectivity index (χ3v) is 3.59. The highest BCUT2D eigenvalue weighted by atomic mass is 16.5. The predicted octanol–water partition coefficient (Wildman–Crippen LogP) is 2.97. The second-order valence-corrected chi connectivity index (χ2v) is 4.80. The SMILES string of the molecule is CCCC[C@@H](CC)CN[C@@H]1CCO[C@@H]1C. The van der Waals surface area contributed by atoms with E-state index in [0.717, 1.165) is 12.5 Å². The van der Waals surface area contributed by atoms with E-state index in [0.29, 0.717) is 12.1 Å². The maximum Gasteiger partial charge on any atom is 0.0700 e. The molecule has 0 aromatic rings. The molecule has 1 aliphatic heterocycles. The van der Waals surface area contributed by atoms with Crippen LogP contribution >= 0.6 is 0 Å². The first-order valence-corrected chi connectivity index (χ1v) is 6.62. The van der Waals surface area contributed by atoms with Gasteiger partial charge in [-0.05, 0) is 32.2 Å². The van der Waals surface area contributed by atoms with Crippen molar-refractivity contribution >= 4 is 0 Å². The molecule has 15 heavy (non-hydrogen) atoms. The van der Waals surface area contributed by atoms with Gasteiger partial charge in [-0.15, -0.1) is 0 Å². The zero-order chi connectivity index (χ0) is 11.1. The van der Waals surface area contributed by atoms with E-state index in [2.05, 4.69) is 26.1 Å². The van der Waals surface area contributed by atoms with Gasteiger partial charge in [0.1, 0.15) is 0 Å². The number of unbranched alkanes of at least 4 members (excludes halogenated alkanes) is 1. The summed E-state index contributed by atoms with van der Waals surface area (Å²) in [5.41, 5.74) is 0. The van der Waals surface area contributed by atoms with Crippen LogP contribution in [-0.2, 0) is 4.74 Å². The summed E-state index contributed by atoms with van der Waals surface area (Å²) >= 11 is 0. The summed E-state index contributed by atoms with van der Waals surface area (Å²) in [5, 5.41) is 3.67. The Labute approximate surface area is 94.8 Å². The van der Waals surface area contributed by atoms with Crippen molar-refractivity contribution < 1.29 is 4.74 Å². The van der Waals surface area contributed by atoms with E-state index in [1.54, 1.807) is 0 Å². The molecule has 2 heteroatoms. The van der Waals surface area contributed by atoms with E-state index in [4.69, 9.17) is 4.74 Å². The Morgan fingerprint density at radius 1 is 1.40 bits per heavy atom. The molecule has 0 bridgehead atoms. The van der Waals surface area contributed by atoms with Gasteiger partial charge in [0.2, 0.25) is 0 Å². The van der Waals surface area contributed by atoms with Crippen molar-refractivity contribution in [3.63, 3.8) is 0 Å². The van der Waals surface area contributed by atoms with Gasteiger partial charge >= 0.3 is 0 Å². The summed E-state index contributed by atoms with van der Waals surface area (Å²) in [7, 11) is 0. The molecule has 1 aliphatic rings. The third kappa shape index (κ3) is 4.52. The molecule has 0 unspecified atom stereocenters. The van der Waals surface area contributed by atoms with Gasteiger partial charge in [0.25, 0.3) is 0 Å². The molecular formula is C13H27NO. The molecule has 90 valence electrons. The van der Waals surface area contributed by atoms with E-state index in [1.165, 1.54) is 38.6 Å². The molecule has 1 fully saturated rings. The van der Waals surface area contributed by atoms with Crippen molar-refractivity contribution in [2.45, 2.75) is 65.0 Å². The van der Waals surface area contributed by atoms with Gasteiger partial charge in [-0.2, -0.15) is 0 Å².